The van der Waals surface area contributed by atoms with Crippen molar-refractivity contribution in [2.45, 2.75) is 30.7 Å². The van der Waals surface area contributed by atoms with Gasteiger partial charge in [-0.3, -0.25) is 4.79 Å². The molecule has 0 radical (unpaired) electrons. The van der Waals surface area contributed by atoms with Crippen LogP contribution in [0.5, 0.6) is 0 Å². The average molecular weight is 363 g/mol. The number of pyridine rings is 1. The van der Waals surface area contributed by atoms with E-state index in [1.54, 1.807) is 18.3 Å². The molecule has 1 amide bonds. The fraction of sp³-hybridized carbons (Fsp3) is 0.294. The first kappa shape index (κ1) is 17.5. The molecule has 132 valence electrons. The summed E-state index contributed by atoms with van der Waals surface area (Å²) >= 11 is 0. The van der Waals surface area contributed by atoms with Crippen LogP contribution in [0.1, 0.15) is 18.4 Å². The number of rotatable bonds is 4. The van der Waals surface area contributed by atoms with E-state index in [-0.39, 0.29) is 6.54 Å². The van der Waals surface area contributed by atoms with E-state index in [0.717, 1.165) is 15.9 Å². The summed E-state index contributed by atoms with van der Waals surface area (Å²) in [5.41, 5.74) is 0.924. The minimum atomic E-state index is -4.09. The van der Waals surface area contributed by atoms with Gasteiger partial charge in [-0.2, -0.15) is 4.31 Å². The highest BCUT2D eigenvalue weighted by molar-refractivity contribution is 7.89. The molecule has 1 aromatic heterocycles. The summed E-state index contributed by atoms with van der Waals surface area (Å²) in [5, 5.41) is 2.64. The van der Waals surface area contributed by atoms with Gasteiger partial charge in [0.2, 0.25) is 15.9 Å². The van der Waals surface area contributed by atoms with Crippen molar-refractivity contribution >= 4 is 21.7 Å². The number of aromatic nitrogens is 1. The summed E-state index contributed by atoms with van der Waals surface area (Å²) < 4.78 is 40.5. The number of hydrogen-bond donors (Lipinski definition) is 1. The van der Waals surface area contributed by atoms with E-state index < -0.39 is 32.7 Å². The molecule has 1 N–H and O–H groups in total. The van der Waals surface area contributed by atoms with Crippen LogP contribution in [0, 0.1) is 12.7 Å². The predicted octanol–water partition coefficient (Wildman–Crippen LogP) is 2.32. The summed E-state index contributed by atoms with van der Waals surface area (Å²) in [5.74, 6) is -0.926. The Morgan fingerprint density at radius 1 is 1.32 bits per heavy atom. The zero-order valence-electron chi connectivity index (χ0n) is 13.6. The lowest BCUT2D eigenvalue weighted by Gasteiger charge is -2.23. The molecule has 1 fully saturated rings. The van der Waals surface area contributed by atoms with E-state index in [4.69, 9.17) is 0 Å². The number of benzene rings is 1. The minimum absolute atomic E-state index is 0.177. The molecule has 1 aromatic carbocycles. The Kier molecular flexibility index (Phi) is 4.82. The van der Waals surface area contributed by atoms with Gasteiger partial charge in [0.05, 0.1) is 0 Å². The number of hydrogen-bond acceptors (Lipinski definition) is 4. The normalized spacial score (nSPS) is 18.2. The Labute approximate surface area is 145 Å². The summed E-state index contributed by atoms with van der Waals surface area (Å²) in [4.78, 5) is 16.2. The largest absolute Gasteiger partial charge is 0.309 e. The first-order valence-corrected chi connectivity index (χ1v) is 9.33. The maximum Gasteiger partial charge on any atom is 0.246 e. The highest BCUT2D eigenvalue weighted by Gasteiger charge is 2.40. The number of nitrogens with zero attached hydrogens (tertiary/aromatic N) is 2. The summed E-state index contributed by atoms with van der Waals surface area (Å²) in [7, 11) is -4.09. The average Bonchev–Trinajstić information content (AvgIpc) is 3.05. The number of halogens is 1. The van der Waals surface area contributed by atoms with Crippen molar-refractivity contribution in [1.82, 2.24) is 9.29 Å². The van der Waals surface area contributed by atoms with Gasteiger partial charge in [-0.15, -0.1) is 0 Å². The van der Waals surface area contributed by atoms with Crippen LogP contribution < -0.4 is 5.32 Å². The van der Waals surface area contributed by atoms with Crippen LogP contribution in [0.25, 0.3) is 0 Å². The predicted molar refractivity (Wildman–Crippen MR) is 90.9 cm³/mol. The van der Waals surface area contributed by atoms with Crippen molar-refractivity contribution < 1.29 is 17.6 Å². The second kappa shape index (κ2) is 6.89. The van der Waals surface area contributed by atoms with Gasteiger partial charge in [-0.05, 0) is 49.6 Å². The van der Waals surface area contributed by atoms with E-state index in [1.807, 2.05) is 6.92 Å². The molecule has 0 spiro atoms. The summed E-state index contributed by atoms with van der Waals surface area (Å²) in [6.07, 6.45) is 2.48. The Morgan fingerprint density at radius 3 is 2.80 bits per heavy atom. The van der Waals surface area contributed by atoms with E-state index in [1.165, 1.54) is 18.2 Å². The number of amides is 1. The number of aryl methyl sites for hydroxylation is 1. The molecule has 1 aliphatic rings. The van der Waals surface area contributed by atoms with Crippen LogP contribution in [0.4, 0.5) is 10.2 Å². The third-order valence-electron chi connectivity index (χ3n) is 4.10. The first-order chi connectivity index (χ1) is 11.9. The smallest absolute Gasteiger partial charge is 0.246 e. The zero-order chi connectivity index (χ0) is 18.0. The van der Waals surface area contributed by atoms with Crippen molar-refractivity contribution in [3.05, 3.63) is 54.0 Å². The molecule has 2 heterocycles. The molecule has 1 atom stereocenters. The van der Waals surface area contributed by atoms with Gasteiger partial charge in [0.25, 0.3) is 0 Å². The Hall–Kier alpha value is -2.32. The van der Waals surface area contributed by atoms with Gasteiger partial charge < -0.3 is 5.32 Å². The van der Waals surface area contributed by atoms with Crippen LogP contribution in [0.15, 0.2) is 47.5 Å². The molecule has 0 bridgehead atoms. The van der Waals surface area contributed by atoms with Crippen molar-refractivity contribution in [2.75, 3.05) is 11.9 Å². The van der Waals surface area contributed by atoms with Crippen molar-refractivity contribution in [1.29, 1.82) is 0 Å². The zero-order valence-corrected chi connectivity index (χ0v) is 14.5. The number of nitrogens with one attached hydrogen (secondary N) is 1. The molecule has 8 heteroatoms. The van der Waals surface area contributed by atoms with Gasteiger partial charge in [0.1, 0.15) is 22.6 Å². The molecule has 0 saturated carbocycles. The van der Waals surface area contributed by atoms with Crippen LogP contribution in [-0.4, -0.2) is 36.2 Å². The van der Waals surface area contributed by atoms with E-state index in [2.05, 4.69) is 10.3 Å². The van der Waals surface area contributed by atoms with Gasteiger partial charge in [0.15, 0.2) is 0 Å². The summed E-state index contributed by atoms with van der Waals surface area (Å²) in [6, 6.07) is 7.79. The maximum absolute atomic E-state index is 13.9. The Balaban J connectivity index is 1.85. The van der Waals surface area contributed by atoms with Gasteiger partial charge in [-0.1, -0.05) is 12.1 Å². The quantitative estimate of drug-likeness (QED) is 0.904. The molecular weight excluding hydrogens is 345 g/mol. The van der Waals surface area contributed by atoms with Crippen molar-refractivity contribution in [3.8, 4) is 0 Å². The molecule has 2 aromatic rings. The molecule has 6 nitrogen and oxygen atoms in total. The van der Waals surface area contributed by atoms with Gasteiger partial charge >= 0.3 is 0 Å². The highest BCUT2D eigenvalue weighted by atomic mass is 32.2. The lowest BCUT2D eigenvalue weighted by atomic mass is 10.2. The molecule has 1 aliphatic heterocycles. The van der Waals surface area contributed by atoms with Crippen LogP contribution >= 0.6 is 0 Å². The molecular formula is C17H18FN3O3S. The lowest BCUT2D eigenvalue weighted by Crippen LogP contribution is -2.43. The monoisotopic (exact) mass is 363 g/mol. The van der Waals surface area contributed by atoms with Crippen LogP contribution in [0.2, 0.25) is 0 Å². The second-order valence-corrected chi connectivity index (χ2v) is 7.77. The third kappa shape index (κ3) is 3.54. The van der Waals surface area contributed by atoms with E-state index in [0.29, 0.717) is 18.7 Å². The Bertz CT molecular complexity index is 902. The topological polar surface area (TPSA) is 79.4 Å². The third-order valence-corrected chi connectivity index (χ3v) is 6.04. The van der Waals surface area contributed by atoms with Gasteiger partial charge in [0, 0.05) is 12.7 Å². The minimum Gasteiger partial charge on any atom is -0.309 e. The fourth-order valence-electron chi connectivity index (χ4n) is 2.88. The SMILES string of the molecule is Cc1ccnc(NC(=O)C2CCCN2S(=O)(=O)c2ccccc2F)c1. The van der Waals surface area contributed by atoms with Crippen LogP contribution in [-0.2, 0) is 14.8 Å². The lowest BCUT2D eigenvalue weighted by molar-refractivity contribution is -0.119. The van der Waals surface area contributed by atoms with Crippen molar-refractivity contribution in [2.24, 2.45) is 0 Å². The molecule has 1 unspecified atom stereocenters. The maximum atomic E-state index is 13.9. The highest BCUT2D eigenvalue weighted by Crippen LogP contribution is 2.28. The summed E-state index contributed by atoms with van der Waals surface area (Å²) in [6.45, 7) is 2.04. The fourth-order valence-corrected chi connectivity index (χ4v) is 4.61. The number of carbonyl (C=O) groups is 1. The second-order valence-electron chi connectivity index (χ2n) is 5.91. The molecule has 0 aliphatic carbocycles. The van der Waals surface area contributed by atoms with Gasteiger partial charge in [-0.25, -0.2) is 17.8 Å². The molecule has 1 saturated heterocycles. The Morgan fingerprint density at radius 2 is 2.08 bits per heavy atom. The number of anilines is 1. The molecule has 25 heavy (non-hydrogen) atoms. The molecule has 3 rings (SSSR count). The number of carbonyl (C=O) groups excluding carboxylic acids is 1. The van der Waals surface area contributed by atoms with E-state index in [9.17, 15) is 17.6 Å². The van der Waals surface area contributed by atoms with E-state index >= 15 is 0 Å². The van der Waals surface area contributed by atoms with Crippen LogP contribution in [0.3, 0.4) is 0 Å². The standard InChI is InChI=1S/C17H18FN3O3S/c1-12-8-9-19-16(11-12)20-17(22)14-6-4-10-21(14)25(23,24)15-7-3-2-5-13(15)18/h2-3,5,7-9,11,14H,4,6,10H2,1H3,(H,19,20,22). The number of sulfonamides is 1. The first-order valence-electron chi connectivity index (χ1n) is 7.89. The van der Waals surface area contributed by atoms with Crippen molar-refractivity contribution in [3.63, 3.8) is 0 Å².